The largest absolute Gasteiger partial charge is 0.304 e. The van der Waals surface area contributed by atoms with Gasteiger partial charge >= 0.3 is 0 Å². The predicted octanol–water partition coefficient (Wildman–Crippen LogP) is 1.90. The van der Waals surface area contributed by atoms with Crippen molar-refractivity contribution in [2.24, 2.45) is 11.0 Å². The van der Waals surface area contributed by atoms with Crippen LogP contribution in [0.2, 0.25) is 0 Å². The Labute approximate surface area is 111 Å². The number of amides is 2. The third-order valence-electron chi connectivity index (χ3n) is 3.50. The molecule has 1 fully saturated rings. The summed E-state index contributed by atoms with van der Waals surface area (Å²) in [5, 5.41) is 9.06. The Hall–Kier alpha value is -1.04. The van der Waals surface area contributed by atoms with Crippen LogP contribution in [0.25, 0.3) is 0 Å². The number of hydrazone groups is 1. The normalized spacial score (nSPS) is 31.4. The number of rotatable bonds is 0. The summed E-state index contributed by atoms with van der Waals surface area (Å²) in [7, 11) is 0. The third-order valence-corrected chi connectivity index (χ3v) is 4.84. The lowest BCUT2D eigenvalue weighted by molar-refractivity contribution is -0.133. The van der Waals surface area contributed by atoms with Crippen LogP contribution in [0, 0.1) is 5.92 Å². The Morgan fingerprint density at radius 1 is 1.39 bits per heavy atom. The van der Waals surface area contributed by atoms with E-state index in [4.69, 9.17) is 0 Å². The summed E-state index contributed by atoms with van der Waals surface area (Å²) in [5.41, 5.74) is 0. The quantitative estimate of drug-likeness (QED) is 0.730. The van der Waals surface area contributed by atoms with Crippen molar-refractivity contribution < 1.29 is 9.59 Å². The van der Waals surface area contributed by atoms with E-state index >= 15 is 0 Å². The zero-order valence-corrected chi connectivity index (χ0v) is 11.8. The van der Waals surface area contributed by atoms with Gasteiger partial charge in [0.2, 0.25) is 11.8 Å². The lowest BCUT2D eigenvalue weighted by atomic mass is 9.86. The number of nitrogens with zero attached hydrogens (tertiary/aromatic N) is 2. The molecule has 2 aliphatic rings. The Bertz CT molecular complexity index is 400. The lowest BCUT2D eigenvalue weighted by Gasteiger charge is -2.39. The number of hydrogen-bond donors (Lipinski definition) is 1. The fourth-order valence-electron chi connectivity index (χ4n) is 2.51. The first-order valence-electron chi connectivity index (χ1n) is 6.29. The molecule has 1 aliphatic heterocycles. The van der Waals surface area contributed by atoms with Crippen LogP contribution in [0.5, 0.6) is 0 Å². The highest BCUT2D eigenvalue weighted by molar-refractivity contribution is 8.15. The minimum Gasteiger partial charge on any atom is -0.304 e. The minimum absolute atomic E-state index is 0.0580. The van der Waals surface area contributed by atoms with Crippen LogP contribution in [0.15, 0.2) is 5.10 Å². The zero-order valence-electron chi connectivity index (χ0n) is 11.0. The van der Waals surface area contributed by atoms with Crippen molar-refractivity contribution in [1.29, 1.82) is 0 Å². The van der Waals surface area contributed by atoms with Crippen LogP contribution >= 0.6 is 11.8 Å². The first kappa shape index (κ1) is 13.4. The monoisotopic (exact) mass is 269 g/mol. The van der Waals surface area contributed by atoms with E-state index in [0.29, 0.717) is 11.1 Å². The minimum atomic E-state index is -0.268. The molecule has 0 aromatic carbocycles. The number of thioether (sulfide) groups is 1. The van der Waals surface area contributed by atoms with E-state index in [0.717, 1.165) is 25.7 Å². The molecular weight excluding hydrogens is 250 g/mol. The topological polar surface area (TPSA) is 61.8 Å². The van der Waals surface area contributed by atoms with Gasteiger partial charge in [-0.1, -0.05) is 18.7 Å². The lowest BCUT2D eigenvalue weighted by Crippen LogP contribution is -2.45. The van der Waals surface area contributed by atoms with E-state index in [1.165, 1.54) is 25.6 Å². The van der Waals surface area contributed by atoms with Crippen molar-refractivity contribution in [3.8, 4) is 0 Å². The Balaban J connectivity index is 2.17. The third kappa shape index (κ3) is 2.53. The van der Waals surface area contributed by atoms with Gasteiger partial charge in [0.05, 0.1) is 0 Å². The van der Waals surface area contributed by atoms with E-state index in [1.807, 2.05) is 0 Å². The SMILES string of the molecule is CC(=O)NC1=NN(C(C)=O)C2(CCC(C)CC2)S1. The van der Waals surface area contributed by atoms with Crippen molar-refractivity contribution >= 4 is 28.7 Å². The van der Waals surface area contributed by atoms with Crippen molar-refractivity contribution in [2.75, 3.05) is 0 Å². The molecular formula is C12H19N3O2S. The maximum absolute atomic E-state index is 11.7. The highest BCUT2D eigenvalue weighted by Gasteiger charge is 2.47. The van der Waals surface area contributed by atoms with Crippen LogP contribution in [0.1, 0.15) is 46.5 Å². The fourth-order valence-corrected chi connectivity index (χ4v) is 3.88. The average Bonchev–Trinajstić information content (AvgIpc) is 2.61. The second-order valence-corrected chi connectivity index (χ2v) is 6.50. The molecule has 2 amide bonds. The van der Waals surface area contributed by atoms with E-state index in [1.54, 1.807) is 5.01 Å². The molecule has 6 heteroatoms. The average molecular weight is 269 g/mol. The predicted molar refractivity (Wildman–Crippen MR) is 71.7 cm³/mol. The standard InChI is InChI=1S/C12H19N3O2S/c1-8-4-6-12(7-5-8)15(10(3)17)14-11(18-12)13-9(2)16/h8H,4-7H2,1-3H3,(H,13,14,16). The van der Waals surface area contributed by atoms with Gasteiger partial charge in [-0.15, -0.1) is 5.10 Å². The van der Waals surface area contributed by atoms with Gasteiger partial charge in [0.15, 0.2) is 5.17 Å². The molecule has 100 valence electrons. The smallest absolute Gasteiger partial charge is 0.240 e. The van der Waals surface area contributed by atoms with Gasteiger partial charge in [-0.2, -0.15) is 0 Å². The first-order valence-corrected chi connectivity index (χ1v) is 7.10. The van der Waals surface area contributed by atoms with Gasteiger partial charge in [-0.25, -0.2) is 5.01 Å². The molecule has 2 rings (SSSR count). The summed E-state index contributed by atoms with van der Waals surface area (Å²) < 4.78 is 0. The Morgan fingerprint density at radius 2 is 2.00 bits per heavy atom. The molecule has 0 atom stereocenters. The van der Waals surface area contributed by atoms with E-state index in [-0.39, 0.29) is 16.7 Å². The van der Waals surface area contributed by atoms with Crippen molar-refractivity contribution in [3.63, 3.8) is 0 Å². The summed E-state index contributed by atoms with van der Waals surface area (Å²) in [6.45, 7) is 5.22. The highest BCUT2D eigenvalue weighted by atomic mass is 32.2. The van der Waals surface area contributed by atoms with Gasteiger partial charge in [0.25, 0.3) is 0 Å². The summed E-state index contributed by atoms with van der Waals surface area (Å²) in [6.07, 6.45) is 4.06. The second-order valence-electron chi connectivity index (χ2n) is 5.15. The van der Waals surface area contributed by atoms with E-state index < -0.39 is 0 Å². The number of carbonyl (C=O) groups excluding carboxylic acids is 2. The van der Waals surface area contributed by atoms with Gasteiger partial charge in [0, 0.05) is 13.8 Å². The molecule has 0 aromatic heterocycles. The van der Waals surface area contributed by atoms with Crippen molar-refractivity contribution in [2.45, 2.75) is 51.3 Å². The van der Waals surface area contributed by atoms with Crippen LogP contribution < -0.4 is 5.32 Å². The molecule has 0 aromatic rings. The van der Waals surface area contributed by atoms with Crippen molar-refractivity contribution in [3.05, 3.63) is 0 Å². The zero-order chi connectivity index (χ0) is 13.3. The highest BCUT2D eigenvalue weighted by Crippen LogP contribution is 2.48. The summed E-state index contributed by atoms with van der Waals surface area (Å²) in [6, 6.07) is 0. The maximum Gasteiger partial charge on any atom is 0.240 e. The first-order chi connectivity index (χ1) is 8.43. The molecule has 0 bridgehead atoms. The number of hydrogen-bond acceptors (Lipinski definition) is 4. The van der Waals surface area contributed by atoms with Gasteiger partial charge < -0.3 is 5.32 Å². The van der Waals surface area contributed by atoms with Gasteiger partial charge in [-0.05, 0) is 31.6 Å². The molecule has 0 saturated heterocycles. The molecule has 18 heavy (non-hydrogen) atoms. The van der Waals surface area contributed by atoms with E-state index in [2.05, 4.69) is 17.3 Å². The van der Waals surface area contributed by atoms with Gasteiger partial charge in [0.1, 0.15) is 4.87 Å². The maximum atomic E-state index is 11.7. The Morgan fingerprint density at radius 3 is 2.50 bits per heavy atom. The molecule has 5 nitrogen and oxygen atoms in total. The van der Waals surface area contributed by atoms with Crippen LogP contribution in [0.3, 0.4) is 0 Å². The summed E-state index contributed by atoms with van der Waals surface area (Å²) in [5.74, 6) is 0.498. The van der Waals surface area contributed by atoms with Crippen LogP contribution in [0.4, 0.5) is 0 Å². The van der Waals surface area contributed by atoms with Crippen molar-refractivity contribution in [1.82, 2.24) is 10.3 Å². The molecule has 1 heterocycles. The summed E-state index contributed by atoms with van der Waals surface area (Å²) in [4.78, 5) is 22.5. The number of amidine groups is 1. The molecule has 1 aliphatic carbocycles. The Kier molecular flexibility index (Phi) is 3.66. The molecule has 1 N–H and O–H groups in total. The molecule has 0 radical (unpaired) electrons. The van der Waals surface area contributed by atoms with Crippen LogP contribution in [-0.4, -0.2) is 26.9 Å². The number of carbonyl (C=O) groups is 2. The molecule has 0 unspecified atom stereocenters. The summed E-state index contributed by atoms with van der Waals surface area (Å²) >= 11 is 1.52. The second kappa shape index (κ2) is 4.91. The molecule has 1 spiro atoms. The number of nitrogens with one attached hydrogen (secondary N) is 1. The van der Waals surface area contributed by atoms with Gasteiger partial charge in [-0.3, -0.25) is 9.59 Å². The molecule has 1 saturated carbocycles. The van der Waals surface area contributed by atoms with E-state index in [9.17, 15) is 9.59 Å². The van der Waals surface area contributed by atoms with Crippen LogP contribution in [-0.2, 0) is 9.59 Å². The fraction of sp³-hybridized carbons (Fsp3) is 0.750.